The zero-order valence-electron chi connectivity index (χ0n) is 7.20. The summed E-state index contributed by atoms with van der Waals surface area (Å²) in [5.41, 5.74) is -0.733. The first-order chi connectivity index (χ1) is 5.79. The zero-order valence-corrected chi connectivity index (χ0v) is 8.77. The van der Waals surface area contributed by atoms with Crippen LogP contribution < -0.4 is 0 Å². The number of carbonyl (C=O) groups is 1. The number of nitrogens with zero attached hydrogens (tertiary/aromatic N) is 1. The summed E-state index contributed by atoms with van der Waals surface area (Å²) in [6.45, 7) is 4.42. The number of morpholine rings is 1. The van der Waals surface area contributed by atoms with Gasteiger partial charge in [-0.2, -0.15) is 0 Å². The van der Waals surface area contributed by atoms with Crippen LogP contribution in [0.25, 0.3) is 0 Å². The molecule has 0 amide bonds. The molecule has 0 aromatic rings. The summed E-state index contributed by atoms with van der Waals surface area (Å²) in [4.78, 5) is 12.4. The van der Waals surface area contributed by atoms with Crippen LogP contribution in [-0.2, 0) is 9.47 Å². The van der Waals surface area contributed by atoms with Crippen molar-refractivity contribution < 1.29 is 14.3 Å². The molecule has 0 N–H and O–H groups in total. The highest BCUT2D eigenvalue weighted by Crippen LogP contribution is 1.96. The van der Waals surface area contributed by atoms with Gasteiger partial charge in [-0.25, -0.2) is 4.79 Å². The maximum atomic E-state index is 10.2. The van der Waals surface area contributed by atoms with Gasteiger partial charge in [-0.05, 0) is 0 Å². The Hall–Kier alpha value is -0.0300. The second-order valence-corrected chi connectivity index (χ2v) is 2.85. The van der Waals surface area contributed by atoms with Gasteiger partial charge in [-0.1, -0.05) is 0 Å². The number of ether oxygens (including phenoxy) is 2. The van der Waals surface area contributed by atoms with Gasteiger partial charge in [0.05, 0.1) is 13.2 Å². The van der Waals surface area contributed by atoms with Crippen molar-refractivity contribution in [3.63, 3.8) is 0 Å². The number of rotatable bonds is 3. The molecule has 0 aromatic carbocycles. The summed E-state index contributed by atoms with van der Waals surface area (Å²) in [5.74, 6) is 0. The summed E-state index contributed by atoms with van der Waals surface area (Å²) >= 11 is 4.99. The van der Waals surface area contributed by atoms with Crippen LogP contribution in [0.3, 0.4) is 0 Å². The molecule has 0 spiro atoms. The third kappa shape index (κ3) is 6.10. The lowest BCUT2D eigenvalue weighted by Gasteiger charge is -2.25. The van der Waals surface area contributed by atoms with Gasteiger partial charge in [-0.15, -0.1) is 12.4 Å². The predicted molar refractivity (Wildman–Crippen MR) is 51.7 cm³/mol. The Morgan fingerprint density at radius 2 is 2.08 bits per heavy atom. The fourth-order valence-corrected chi connectivity index (χ4v) is 1.16. The van der Waals surface area contributed by atoms with Gasteiger partial charge in [0.25, 0.3) is 0 Å². The number of hydrogen-bond donors (Lipinski definition) is 0. The molecule has 0 radical (unpaired) electrons. The van der Waals surface area contributed by atoms with Gasteiger partial charge in [-0.3, -0.25) is 4.90 Å². The smallest absolute Gasteiger partial charge is 0.403 e. The standard InChI is InChI=1S/C7H12ClNO3.ClH/c8-7(10)12-6-3-9-1-4-11-5-2-9;/h1-6H2;1H. The molecule has 13 heavy (non-hydrogen) atoms. The average Bonchev–Trinajstić information content (AvgIpc) is 2.05. The Labute approximate surface area is 88.5 Å². The largest absolute Gasteiger partial charge is 0.452 e. The van der Waals surface area contributed by atoms with Crippen molar-refractivity contribution in [1.29, 1.82) is 0 Å². The highest BCUT2D eigenvalue weighted by Gasteiger charge is 2.09. The lowest BCUT2D eigenvalue weighted by molar-refractivity contribution is 0.0297. The van der Waals surface area contributed by atoms with Crippen molar-refractivity contribution in [1.82, 2.24) is 4.90 Å². The Balaban J connectivity index is 0.00000144. The van der Waals surface area contributed by atoms with Gasteiger partial charge < -0.3 is 9.47 Å². The van der Waals surface area contributed by atoms with E-state index in [9.17, 15) is 4.79 Å². The van der Waals surface area contributed by atoms with E-state index in [1.165, 1.54) is 0 Å². The van der Waals surface area contributed by atoms with E-state index in [-0.39, 0.29) is 12.4 Å². The monoisotopic (exact) mass is 229 g/mol. The summed E-state index contributed by atoms with van der Waals surface area (Å²) in [6, 6.07) is 0. The molecule has 1 rings (SSSR count). The highest BCUT2D eigenvalue weighted by atomic mass is 35.5. The molecular formula is C7H13Cl2NO3. The van der Waals surface area contributed by atoms with Crippen LogP contribution in [-0.4, -0.2) is 49.8 Å². The molecule has 1 saturated heterocycles. The lowest BCUT2D eigenvalue weighted by Crippen LogP contribution is -2.38. The molecule has 0 aliphatic carbocycles. The van der Waals surface area contributed by atoms with Crippen LogP contribution in [0.1, 0.15) is 0 Å². The fraction of sp³-hybridized carbons (Fsp3) is 0.857. The van der Waals surface area contributed by atoms with Crippen molar-refractivity contribution in [3.05, 3.63) is 0 Å². The van der Waals surface area contributed by atoms with Gasteiger partial charge in [0.2, 0.25) is 0 Å². The first kappa shape index (κ1) is 13.0. The van der Waals surface area contributed by atoms with Gasteiger partial charge in [0, 0.05) is 31.2 Å². The first-order valence-electron chi connectivity index (χ1n) is 3.91. The quantitative estimate of drug-likeness (QED) is 0.681. The van der Waals surface area contributed by atoms with Crippen molar-refractivity contribution in [3.8, 4) is 0 Å². The van der Waals surface area contributed by atoms with E-state index in [4.69, 9.17) is 16.3 Å². The molecule has 0 aromatic heterocycles. The molecule has 1 heterocycles. The van der Waals surface area contributed by atoms with Crippen molar-refractivity contribution in [2.24, 2.45) is 0 Å². The topological polar surface area (TPSA) is 38.8 Å². The van der Waals surface area contributed by atoms with Crippen molar-refractivity contribution in [2.45, 2.75) is 0 Å². The number of halogens is 2. The normalized spacial score (nSPS) is 17.6. The maximum absolute atomic E-state index is 10.2. The van der Waals surface area contributed by atoms with Crippen molar-refractivity contribution in [2.75, 3.05) is 39.5 Å². The predicted octanol–water partition coefficient (Wildman–Crippen LogP) is 1.12. The van der Waals surface area contributed by atoms with E-state index in [1.54, 1.807) is 0 Å². The van der Waals surface area contributed by atoms with Crippen LogP contribution >= 0.6 is 24.0 Å². The summed E-state index contributed by atoms with van der Waals surface area (Å²) in [6.07, 6.45) is 0. The van der Waals surface area contributed by atoms with Crippen molar-refractivity contribution >= 4 is 29.4 Å². The Bertz CT molecular complexity index is 151. The maximum Gasteiger partial charge on any atom is 0.403 e. The lowest BCUT2D eigenvalue weighted by atomic mass is 10.4. The molecule has 4 nitrogen and oxygen atoms in total. The van der Waals surface area contributed by atoms with E-state index in [2.05, 4.69) is 9.64 Å². The second kappa shape index (κ2) is 7.38. The van der Waals surface area contributed by atoms with Gasteiger partial charge in [0.1, 0.15) is 6.61 Å². The van der Waals surface area contributed by atoms with Gasteiger partial charge in [0.15, 0.2) is 0 Å². The van der Waals surface area contributed by atoms with Crippen LogP contribution in [0.15, 0.2) is 0 Å². The minimum absolute atomic E-state index is 0. The Morgan fingerprint density at radius 3 is 2.62 bits per heavy atom. The van der Waals surface area contributed by atoms with Crippen LogP contribution in [0.2, 0.25) is 0 Å². The second-order valence-electron chi connectivity index (χ2n) is 2.54. The average molecular weight is 230 g/mol. The third-order valence-corrected chi connectivity index (χ3v) is 1.84. The fourth-order valence-electron chi connectivity index (χ4n) is 1.08. The number of carbonyl (C=O) groups excluding carboxylic acids is 1. The summed E-state index contributed by atoms with van der Waals surface area (Å²) in [5, 5.41) is 0. The van der Waals surface area contributed by atoms with Crippen LogP contribution in [0.4, 0.5) is 4.79 Å². The molecule has 0 unspecified atom stereocenters. The van der Waals surface area contributed by atoms with Crippen LogP contribution in [0, 0.1) is 0 Å². The minimum Gasteiger partial charge on any atom is -0.452 e. The molecule has 1 fully saturated rings. The van der Waals surface area contributed by atoms with E-state index < -0.39 is 5.43 Å². The first-order valence-corrected chi connectivity index (χ1v) is 4.29. The molecule has 78 valence electrons. The van der Waals surface area contributed by atoms with E-state index in [1.807, 2.05) is 0 Å². The van der Waals surface area contributed by atoms with E-state index >= 15 is 0 Å². The Kier molecular flexibility index (Phi) is 7.36. The summed E-state index contributed by atoms with van der Waals surface area (Å²) < 4.78 is 9.74. The highest BCUT2D eigenvalue weighted by molar-refractivity contribution is 6.61. The molecule has 0 saturated carbocycles. The SMILES string of the molecule is Cl.O=C(Cl)OCCN1CCOCC1. The van der Waals surface area contributed by atoms with E-state index in [0.29, 0.717) is 6.61 Å². The van der Waals surface area contributed by atoms with E-state index in [0.717, 1.165) is 32.8 Å². The molecule has 1 aliphatic heterocycles. The third-order valence-electron chi connectivity index (χ3n) is 1.73. The molecular weight excluding hydrogens is 217 g/mol. The molecule has 6 heteroatoms. The van der Waals surface area contributed by atoms with Gasteiger partial charge >= 0.3 is 5.43 Å². The molecule has 1 aliphatic rings. The Morgan fingerprint density at radius 1 is 1.46 bits per heavy atom. The zero-order chi connectivity index (χ0) is 8.81. The molecule has 0 bridgehead atoms. The minimum atomic E-state index is -0.733. The molecule has 0 atom stereocenters. The summed E-state index contributed by atoms with van der Waals surface area (Å²) in [7, 11) is 0. The number of hydrogen-bond acceptors (Lipinski definition) is 4. The van der Waals surface area contributed by atoms with Crippen LogP contribution in [0.5, 0.6) is 0 Å².